The van der Waals surface area contributed by atoms with Gasteiger partial charge in [-0.3, -0.25) is 0 Å². The van der Waals surface area contributed by atoms with Crippen molar-refractivity contribution in [3.8, 4) is 27.9 Å². The molecule has 2 aliphatic carbocycles. The molecule has 10 rings (SSSR count). The molecule has 53 heavy (non-hydrogen) atoms. The second kappa shape index (κ2) is 12.4. The van der Waals surface area contributed by atoms with E-state index in [1.54, 1.807) is 0 Å². The SMILES string of the molecule is CC1(C)c2ccccc2-c2ccc(N(c3ccc(-c4ccc5c(c4)c4ccccc4n5-c4ccccc4)cc3)C3C=CC(c4ccccc4)=CC3)cc21. The Bertz CT molecular complexity index is 2710. The van der Waals surface area contributed by atoms with Crippen LogP contribution in [0.15, 0.2) is 188 Å². The lowest BCUT2D eigenvalue weighted by Gasteiger charge is -2.34. The first-order valence-corrected chi connectivity index (χ1v) is 18.7. The highest BCUT2D eigenvalue weighted by atomic mass is 15.2. The van der Waals surface area contributed by atoms with Crippen LogP contribution in [0, 0.1) is 0 Å². The van der Waals surface area contributed by atoms with Crippen molar-refractivity contribution in [3.05, 3.63) is 205 Å². The summed E-state index contributed by atoms with van der Waals surface area (Å²) in [5.41, 5.74) is 16.4. The number of hydrogen-bond acceptors (Lipinski definition) is 1. The largest absolute Gasteiger partial charge is 0.334 e. The van der Waals surface area contributed by atoms with Gasteiger partial charge in [-0.15, -0.1) is 0 Å². The maximum atomic E-state index is 2.54. The molecular formula is C51H40N2. The van der Waals surface area contributed by atoms with Crippen LogP contribution < -0.4 is 4.90 Å². The molecule has 0 radical (unpaired) electrons. The smallest absolute Gasteiger partial charge is 0.0560 e. The molecule has 7 aromatic carbocycles. The van der Waals surface area contributed by atoms with Crippen molar-refractivity contribution in [3.63, 3.8) is 0 Å². The average molecular weight is 681 g/mol. The molecule has 2 heteroatoms. The summed E-state index contributed by atoms with van der Waals surface area (Å²) in [5, 5.41) is 2.53. The molecule has 1 heterocycles. The first-order chi connectivity index (χ1) is 26.0. The first-order valence-electron chi connectivity index (χ1n) is 18.7. The molecule has 0 bridgehead atoms. The summed E-state index contributed by atoms with van der Waals surface area (Å²) in [6.07, 6.45) is 8.01. The van der Waals surface area contributed by atoms with Gasteiger partial charge >= 0.3 is 0 Å². The van der Waals surface area contributed by atoms with Crippen LogP contribution in [-0.4, -0.2) is 10.6 Å². The zero-order valence-electron chi connectivity index (χ0n) is 30.1. The minimum Gasteiger partial charge on any atom is -0.334 e. The molecule has 1 aromatic heterocycles. The van der Waals surface area contributed by atoms with E-state index in [1.165, 1.54) is 83.4 Å². The van der Waals surface area contributed by atoms with Crippen molar-refractivity contribution in [2.45, 2.75) is 31.7 Å². The predicted octanol–water partition coefficient (Wildman–Crippen LogP) is 13.3. The summed E-state index contributed by atoms with van der Waals surface area (Å²) in [6.45, 7) is 4.73. The van der Waals surface area contributed by atoms with E-state index in [2.05, 4.69) is 211 Å². The van der Waals surface area contributed by atoms with Gasteiger partial charge in [-0.25, -0.2) is 0 Å². The highest BCUT2D eigenvalue weighted by Gasteiger charge is 2.36. The van der Waals surface area contributed by atoms with Crippen LogP contribution in [0.5, 0.6) is 0 Å². The van der Waals surface area contributed by atoms with Crippen LogP contribution in [0.1, 0.15) is 37.0 Å². The zero-order chi connectivity index (χ0) is 35.5. The summed E-state index contributed by atoms with van der Waals surface area (Å²) in [7, 11) is 0. The van der Waals surface area contributed by atoms with Gasteiger partial charge in [-0.05, 0) is 106 Å². The van der Waals surface area contributed by atoms with E-state index < -0.39 is 0 Å². The molecule has 2 aliphatic rings. The molecule has 1 atom stereocenters. The fraction of sp³-hybridized carbons (Fsp3) is 0.0980. The van der Waals surface area contributed by atoms with Gasteiger partial charge in [0.1, 0.15) is 0 Å². The quantitative estimate of drug-likeness (QED) is 0.170. The van der Waals surface area contributed by atoms with Gasteiger partial charge in [0.2, 0.25) is 0 Å². The van der Waals surface area contributed by atoms with E-state index in [0.29, 0.717) is 0 Å². The number of fused-ring (bicyclic) bond motifs is 6. The number of allylic oxidation sites excluding steroid dienone is 2. The zero-order valence-corrected chi connectivity index (χ0v) is 30.1. The normalized spacial score (nSPS) is 15.7. The molecule has 0 aliphatic heterocycles. The fourth-order valence-electron chi connectivity index (χ4n) is 8.84. The van der Waals surface area contributed by atoms with Crippen molar-refractivity contribution in [1.29, 1.82) is 0 Å². The Morgan fingerprint density at radius 2 is 1.19 bits per heavy atom. The highest BCUT2D eigenvalue weighted by Crippen LogP contribution is 2.50. The lowest BCUT2D eigenvalue weighted by molar-refractivity contribution is 0.659. The maximum absolute atomic E-state index is 2.54. The minimum absolute atomic E-state index is 0.0669. The van der Waals surface area contributed by atoms with Gasteiger partial charge in [0.05, 0.1) is 17.1 Å². The van der Waals surface area contributed by atoms with Gasteiger partial charge in [-0.2, -0.15) is 0 Å². The molecule has 0 N–H and O–H groups in total. The Kier molecular flexibility index (Phi) is 7.33. The van der Waals surface area contributed by atoms with Gasteiger partial charge in [0.15, 0.2) is 0 Å². The van der Waals surface area contributed by atoms with Crippen molar-refractivity contribution in [1.82, 2.24) is 4.57 Å². The molecule has 0 saturated heterocycles. The maximum Gasteiger partial charge on any atom is 0.0560 e. The van der Waals surface area contributed by atoms with Crippen LogP contribution >= 0.6 is 0 Å². The molecule has 2 nitrogen and oxygen atoms in total. The van der Waals surface area contributed by atoms with Crippen molar-refractivity contribution in [2.24, 2.45) is 0 Å². The molecule has 8 aromatic rings. The third-order valence-corrected chi connectivity index (χ3v) is 11.5. The Hall–Kier alpha value is -6.38. The van der Waals surface area contributed by atoms with Crippen molar-refractivity contribution >= 4 is 38.8 Å². The Morgan fingerprint density at radius 3 is 1.98 bits per heavy atom. The number of benzene rings is 7. The molecule has 0 fully saturated rings. The number of nitrogens with zero attached hydrogens (tertiary/aromatic N) is 2. The second-order valence-corrected chi connectivity index (χ2v) is 14.9. The molecule has 1 unspecified atom stereocenters. The Labute approximate surface area is 311 Å². The summed E-state index contributed by atoms with van der Waals surface area (Å²) in [6, 6.07) is 62.5. The van der Waals surface area contributed by atoms with Gasteiger partial charge < -0.3 is 9.47 Å². The number of hydrogen-bond donors (Lipinski definition) is 0. The molecule has 254 valence electrons. The van der Waals surface area contributed by atoms with Crippen molar-refractivity contribution < 1.29 is 0 Å². The van der Waals surface area contributed by atoms with E-state index >= 15 is 0 Å². The van der Waals surface area contributed by atoms with Crippen LogP contribution in [0.2, 0.25) is 0 Å². The number of aromatic nitrogens is 1. The predicted molar refractivity (Wildman–Crippen MR) is 224 cm³/mol. The standard InChI is InChI=1S/C51H40N2/c1-51(2)47-19-11-9-17-43(47)44-31-30-42(34-48(44)51)52(40-26-21-36(22-27-40)35-13-5-3-6-14-35)41-28-23-37(24-29-41)38-25-32-50-46(33-38)45-18-10-12-20-49(45)53(50)39-15-7-4-8-16-39/h3-26,28-34,40H,27H2,1-2H3. The first kappa shape index (κ1) is 31.4. The Morgan fingerprint density at radius 1 is 0.528 bits per heavy atom. The minimum atomic E-state index is -0.0669. The molecule has 0 saturated carbocycles. The van der Waals surface area contributed by atoms with Gasteiger partial charge in [0.25, 0.3) is 0 Å². The van der Waals surface area contributed by atoms with E-state index in [-0.39, 0.29) is 11.5 Å². The van der Waals surface area contributed by atoms with Crippen LogP contribution in [-0.2, 0) is 5.41 Å². The summed E-state index contributed by atoms with van der Waals surface area (Å²) < 4.78 is 2.38. The lowest BCUT2D eigenvalue weighted by Crippen LogP contribution is -2.30. The number of anilines is 2. The Balaban J connectivity index is 1.05. The lowest BCUT2D eigenvalue weighted by atomic mass is 9.82. The fourth-order valence-corrected chi connectivity index (χ4v) is 8.84. The molecule has 0 amide bonds. The van der Waals surface area contributed by atoms with Crippen LogP contribution in [0.3, 0.4) is 0 Å². The molecule has 0 spiro atoms. The topological polar surface area (TPSA) is 8.17 Å². The second-order valence-electron chi connectivity index (χ2n) is 14.9. The number of rotatable bonds is 6. The number of para-hydroxylation sites is 2. The average Bonchev–Trinajstić information content (AvgIpc) is 3.67. The third kappa shape index (κ3) is 5.17. The van der Waals surface area contributed by atoms with Crippen LogP contribution in [0.25, 0.3) is 55.3 Å². The van der Waals surface area contributed by atoms with Crippen LogP contribution in [0.4, 0.5) is 11.4 Å². The van der Waals surface area contributed by atoms with Gasteiger partial charge in [-0.1, -0.05) is 147 Å². The summed E-state index contributed by atoms with van der Waals surface area (Å²) in [4.78, 5) is 2.54. The molecular weight excluding hydrogens is 641 g/mol. The van der Waals surface area contributed by atoms with E-state index in [4.69, 9.17) is 0 Å². The monoisotopic (exact) mass is 680 g/mol. The summed E-state index contributed by atoms with van der Waals surface area (Å²) >= 11 is 0. The van der Waals surface area contributed by atoms with E-state index in [9.17, 15) is 0 Å². The van der Waals surface area contributed by atoms with E-state index in [0.717, 1.165) is 6.42 Å². The van der Waals surface area contributed by atoms with Gasteiger partial charge in [0, 0.05) is 33.2 Å². The third-order valence-electron chi connectivity index (χ3n) is 11.5. The van der Waals surface area contributed by atoms with Crippen molar-refractivity contribution in [2.75, 3.05) is 4.90 Å². The van der Waals surface area contributed by atoms with E-state index in [1.807, 2.05) is 0 Å². The highest BCUT2D eigenvalue weighted by molar-refractivity contribution is 6.10. The summed E-state index contributed by atoms with van der Waals surface area (Å²) in [5.74, 6) is 0.